The van der Waals surface area contributed by atoms with Gasteiger partial charge in [-0.05, 0) is 48.5 Å². The summed E-state index contributed by atoms with van der Waals surface area (Å²) in [5.74, 6) is 0. The van der Waals surface area contributed by atoms with Crippen molar-refractivity contribution in [3.05, 3.63) is 141 Å². The molecule has 0 atom stereocenters. The predicted molar refractivity (Wildman–Crippen MR) is 152 cm³/mol. The molecule has 0 radical (unpaired) electrons. The Morgan fingerprint density at radius 3 is 1.82 bits per heavy atom. The molecule has 0 amide bonds. The molecule has 0 saturated carbocycles. The minimum atomic E-state index is -0.532. The molecule has 0 aromatic heterocycles. The van der Waals surface area contributed by atoms with Gasteiger partial charge in [0, 0.05) is 35.4 Å². The Morgan fingerprint density at radius 1 is 0.775 bits per heavy atom. The third-order valence-electron chi connectivity index (χ3n) is 5.38. The van der Waals surface area contributed by atoms with Crippen molar-refractivity contribution in [2.45, 2.75) is 0 Å². The molecule has 0 unspecified atom stereocenters. The molecule has 0 saturated heterocycles. The van der Waals surface area contributed by atoms with Crippen molar-refractivity contribution in [1.82, 2.24) is 0 Å². The van der Waals surface area contributed by atoms with Crippen LogP contribution in [0.1, 0.15) is 11.1 Å². The van der Waals surface area contributed by atoms with Gasteiger partial charge in [0.2, 0.25) is 0 Å². The van der Waals surface area contributed by atoms with Gasteiger partial charge in [-0.1, -0.05) is 36.4 Å². The molecule has 1 N–H and O–H groups in total. The fourth-order valence-corrected chi connectivity index (χ4v) is 3.36. The lowest BCUT2D eigenvalue weighted by Crippen LogP contribution is -2.15. The largest absolute Gasteiger partial charge is 0.278 e. The highest BCUT2D eigenvalue weighted by molar-refractivity contribution is 6.38. The number of non-ortho nitro benzene ring substituents is 2. The second-order valence-electron chi connectivity index (χ2n) is 8.01. The van der Waals surface area contributed by atoms with Crippen molar-refractivity contribution in [3.8, 4) is 6.07 Å². The molecule has 12 nitrogen and oxygen atoms in total. The smallest absolute Gasteiger partial charge is 0.269 e. The molecule has 0 aliphatic rings. The highest BCUT2D eigenvalue weighted by Crippen LogP contribution is 2.18. The predicted octanol–water partition coefficient (Wildman–Crippen LogP) is 5.74. The van der Waals surface area contributed by atoms with Gasteiger partial charge in [-0.3, -0.25) is 25.7 Å². The van der Waals surface area contributed by atoms with Crippen LogP contribution < -0.4 is 10.5 Å². The molecule has 4 rings (SSSR count). The lowest BCUT2D eigenvalue weighted by atomic mass is 10.1. The number of hydrogen-bond acceptors (Lipinski definition) is 10. The Balaban J connectivity index is 1.74. The topological polar surface area (TPSA) is 162 Å². The van der Waals surface area contributed by atoms with Gasteiger partial charge in [0.25, 0.3) is 11.4 Å². The van der Waals surface area contributed by atoms with E-state index in [-0.39, 0.29) is 17.1 Å². The van der Waals surface area contributed by atoms with Crippen LogP contribution in [0.2, 0.25) is 0 Å². The van der Waals surface area contributed by atoms with Crippen LogP contribution >= 0.6 is 0 Å². The molecule has 12 heteroatoms. The summed E-state index contributed by atoms with van der Waals surface area (Å²) in [6, 6.07) is 31.2. The second kappa shape index (κ2) is 12.8. The number of nitrogens with zero attached hydrogens (tertiary/aromatic N) is 7. The molecule has 0 heterocycles. The Morgan fingerprint density at radius 2 is 1.30 bits per heavy atom. The van der Waals surface area contributed by atoms with Gasteiger partial charge in [-0.15, -0.1) is 5.10 Å². The lowest BCUT2D eigenvalue weighted by Gasteiger charge is -2.14. The maximum atomic E-state index is 11.1. The van der Waals surface area contributed by atoms with Crippen LogP contribution in [0.15, 0.2) is 124 Å². The Kier molecular flexibility index (Phi) is 8.61. The molecule has 40 heavy (non-hydrogen) atoms. The summed E-state index contributed by atoms with van der Waals surface area (Å²) < 4.78 is 0. The van der Waals surface area contributed by atoms with E-state index in [1.54, 1.807) is 36.4 Å². The number of hydrazone groups is 3. The number of nitro groups is 2. The van der Waals surface area contributed by atoms with E-state index in [0.29, 0.717) is 28.2 Å². The molecule has 0 spiro atoms. The van der Waals surface area contributed by atoms with E-state index in [1.807, 2.05) is 42.5 Å². The van der Waals surface area contributed by atoms with E-state index in [4.69, 9.17) is 0 Å². The normalized spacial score (nSPS) is 11.6. The average molecular weight is 533 g/mol. The van der Waals surface area contributed by atoms with Crippen molar-refractivity contribution in [3.63, 3.8) is 0 Å². The third-order valence-corrected chi connectivity index (χ3v) is 5.38. The first kappa shape index (κ1) is 26.8. The van der Waals surface area contributed by atoms with Crippen molar-refractivity contribution in [1.29, 1.82) is 5.26 Å². The minimum absolute atomic E-state index is 0.0351. The van der Waals surface area contributed by atoms with Gasteiger partial charge in [-0.2, -0.15) is 20.6 Å². The zero-order chi connectivity index (χ0) is 28.3. The van der Waals surface area contributed by atoms with Gasteiger partial charge >= 0.3 is 0 Å². The van der Waals surface area contributed by atoms with E-state index in [9.17, 15) is 25.5 Å². The number of nitriles is 1. The number of hydrogen-bond donors (Lipinski definition) is 1. The van der Waals surface area contributed by atoms with Gasteiger partial charge in [-0.25, -0.2) is 0 Å². The number of nitrogens with one attached hydrogen (secondary N) is 1. The first-order valence-corrected chi connectivity index (χ1v) is 11.7. The summed E-state index contributed by atoms with van der Waals surface area (Å²) in [6.45, 7) is 0. The summed E-state index contributed by atoms with van der Waals surface area (Å²) in [6.07, 6.45) is 1.40. The first-order valence-electron chi connectivity index (χ1n) is 11.7. The molecule has 0 aliphatic carbocycles. The van der Waals surface area contributed by atoms with Crippen LogP contribution in [-0.4, -0.2) is 27.5 Å². The number of benzene rings is 4. The maximum absolute atomic E-state index is 11.1. The van der Waals surface area contributed by atoms with E-state index in [0.717, 1.165) is 0 Å². The number of nitro benzene ring substituents is 2. The van der Waals surface area contributed by atoms with E-state index < -0.39 is 9.85 Å². The lowest BCUT2D eigenvalue weighted by molar-refractivity contribution is -0.385. The molecular formula is C28H20N8O4. The quantitative estimate of drug-likeness (QED) is 0.155. The highest BCUT2D eigenvalue weighted by atomic mass is 16.6. The minimum Gasteiger partial charge on any atom is -0.278 e. The summed E-state index contributed by atoms with van der Waals surface area (Å²) >= 11 is 0. The Hall–Kier alpha value is -6.22. The summed E-state index contributed by atoms with van der Waals surface area (Å²) in [5, 5.41) is 46.4. The van der Waals surface area contributed by atoms with Crippen molar-refractivity contribution >= 4 is 40.4 Å². The summed E-state index contributed by atoms with van der Waals surface area (Å²) in [7, 11) is 0. The molecule has 0 bridgehead atoms. The maximum Gasteiger partial charge on any atom is 0.269 e. The van der Waals surface area contributed by atoms with E-state index >= 15 is 0 Å². The van der Waals surface area contributed by atoms with Gasteiger partial charge in [0.15, 0.2) is 5.71 Å². The fraction of sp³-hybridized carbons (Fsp3) is 0. The van der Waals surface area contributed by atoms with Gasteiger partial charge < -0.3 is 0 Å². The van der Waals surface area contributed by atoms with Crippen LogP contribution in [0.25, 0.3) is 0 Å². The molecular weight excluding hydrogens is 512 g/mol. The molecule has 0 fully saturated rings. The third kappa shape index (κ3) is 6.96. The number of rotatable bonds is 10. The summed E-state index contributed by atoms with van der Waals surface area (Å²) in [4.78, 5) is 21.1. The zero-order valence-corrected chi connectivity index (χ0v) is 20.7. The monoisotopic (exact) mass is 532 g/mol. The number of para-hydroxylation sites is 2. The summed E-state index contributed by atoms with van der Waals surface area (Å²) in [5.41, 5.74) is 5.15. The molecule has 4 aromatic rings. The van der Waals surface area contributed by atoms with Gasteiger partial charge in [0.1, 0.15) is 11.8 Å². The van der Waals surface area contributed by atoms with Crippen LogP contribution in [0.5, 0.6) is 0 Å². The average Bonchev–Trinajstić information content (AvgIpc) is 2.99. The Bertz CT molecular complexity index is 1610. The van der Waals surface area contributed by atoms with Crippen molar-refractivity contribution in [2.75, 3.05) is 10.5 Å². The van der Waals surface area contributed by atoms with Crippen LogP contribution in [-0.2, 0) is 0 Å². The molecule has 0 aliphatic heterocycles. The van der Waals surface area contributed by atoms with E-state index in [1.165, 1.54) is 47.7 Å². The second-order valence-corrected chi connectivity index (χ2v) is 8.01. The highest BCUT2D eigenvalue weighted by Gasteiger charge is 2.12. The van der Waals surface area contributed by atoms with Crippen molar-refractivity contribution < 1.29 is 9.85 Å². The first-order chi connectivity index (χ1) is 19.4. The van der Waals surface area contributed by atoms with Gasteiger partial charge in [0.05, 0.1) is 27.4 Å². The standard InChI is InChI=1S/C28H20N8O4/c29-19-27(21-11-15-25(16-12-21)35(37)38)33-34(24-9-5-2-6-10-24)30-20-28(32-31-23-7-3-1-4-8-23)22-13-17-26(18-14-22)36(39)40/h1-18,20,31H/b30-20+,32-28+,33-27+. The van der Waals surface area contributed by atoms with Crippen LogP contribution in [0.4, 0.5) is 22.7 Å². The number of anilines is 2. The SMILES string of the molecule is N#C/C(=N\N(/N=C/C(=N\Nc1ccccc1)c1ccc([N+](=O)[O-])cc1)c1ccccc1)c1ccc([N+](=O)[O-])cc1. The van der Waals surface area contributed by atoms with Crippen molar-refractivity contribution in [2.24, 2.45) is 15.3 Å². The van der Waals surface area contributed by atoms with Crippen LogP contribution in [0, 0.1) is 31.6 Å². The molecule has 4 aromatic carbocycles. The molecule has 196 valence electrons. The fourth-order valence-electron chi connectivity index (χ4n) is 3.36. The van der Waals surface area contributed by atoms with E-state index in [2.05, 4.69) is 20.7 Å². The Labute approximate surface area is 228 Å². The zero-order valence-electron chi connectivity index (χ0n) is 20.7. The van der Waals surface area contributed by atoms with Crippen LogP contribution in [0.3, 0.4) is 0 Å².